The molecule has 0 amide bonds. The first-order chi connectivity index (χ1) is 11.5. The van der Waals surface area contributed by atoms with E-state index in [2.05, 4.69) is 15.6 Å². The number of nitrogens with zero attached hydrogens (tertiary/aromatic N) is 2. The van der Waals surface area contributed by atoms with Gasteiger partial charge in [-0.3, -0.25) is 4.99 Å². The third kappa shape index (κ3) is 5.89. The molecule has 1 fully saturated rings. The topological polar surface area (TPSA) is 92.3 Å². The first kappa shape index (κ1) is 21.8. The van der Waals surface area contributed by atoms with Gasteiger partial charge in [-0.25, -0.2) is 12.7 Å². The van der Waals surface area contributed by atoms with E-state index in [1.165, 1.54) is 4.31 Å². The van der Waals surface area contributed by atoms with E-state index >= 15 is 0 Å². The molecule has 0 atom stereocenters. The molecule has 0 aliphatic carbocycles. The van der Waals surface area contributed by atoms with Crippen molar-refractivity contribution < 1.29 is 17.9 Å². The number of guanidine groups is 1. The van der Waals surface area contributed by atoms with E-state index in [1.54, 1.807) is 33.4 Å². The maximum atomic E-state index is 11.8. The Balaban J connectivity index is 0.00000312. The van der Waals surface area contributed by atoms with Crippen LogP contribution < -0.4 is 20.1 Å². The van der Waals surface area contributed by atoms with E-state index < -0.39 is 10.0 Å². The number of nitrogens with one attached hydrogen (secondary N) is 2. The quantitative estimate of drug-likeness (QED) is 0.360. The highest BCUT2D eigenvalue weighted by molar-refractivity contribution is 14.0. The van der Waals surface area contributed by atoms with Crippen molar-refractivity contribution >= 4 is 45.6 Å². The maximum Gasteiger partial charge on any atom is 0.214 e. The van der Waals surface area contributed by atoms with E-state index in [0.717, 1.165) is 5.69 Å². The van der Waals surface area contributed by atoms with Crippen LogP contribution in [0.1, 0.15) is 6.42 Å². The van der Waals surface area contributed by atoms with Gasteiger partial charge in [-0.2, -0.15) is 0 Å². The fraction of sp³-hybridized carbons (Fsp3) is 0.533. The van der Waals surface area contributed by atoms with Crippen LogP contribution in [0.4, 0.5) is 5.69 Å². The largest absolute Gasteiger partial charge is 0.493 e. The zero-order valence-electron chi connectivity index (χ0n) is 14.6. The second-order valence-corrected chi connectivity index (χ2v) is 7.35. The van der Waals surface area contributed by atoms with Crippen LogP contribution >= 0.6 is 24.0 Å². The molecule has 1 aromatic carbocycles. The molecular weight excluding hydrogens is 459 g/mol. The Hall–Kier alpha value is -1.27. The number of halogens is 1. The summed E-state index contributed by atoms with van der Waals surface area (Å²) < 4.78 is 35.5. The van der Waals surface area contributed by atoms with E-state index in [4.69, 9.17) is 9.47 Å². The number of methoxy groups -OCH3 is 2. The van der Waals surface area contributed by atoms with Crippen molar-refractivity contribution in [2.45, 2.75) is 6.42 Å². The highest BCUT2D eigenvalue weighted by atomic mass is 127. The molecule has 0 bridgehead atoms. The third-order valence-electron chi connectivity index (χ3n) is 3.73. The molecule has 1 saturated heterocycles. The minimum atomic E-state index is -3.06. The van der Waals surface area contributed by atoms with Gasteiger partial charge < -0.3 is 20.1 Å². The van der Waals surface area contributed by atoms with Crippen LogP contribution in [-0.2, 0) is 10.0 Å². The molecule has 2 N–H and O–H groups in total. The molecule has 1 aromatic rings. The van der Waals surface area contributed by atoms with Gasteiger partial charge in [-0.15, -0.1) is 24.0 Å². The van der Waals surface area contributed by atoms with Crippen LogP contribution in [0.5, 0.6) is 11.5 Å². The highest BCUT2D eigenvalue weighted by Crippen LogP contribution is 2.29. The molecule has 142 valence electrons. The van der Waals surface area contributed by atoms with Gasteiger partial charge in [-0.1, -0.05) is 0 Å². The Labute approximate surface area is 166 Å². The van der Waals surface area contributed by atoms with Gasteiger partial charge in [0.15, 0.2) is 17.5 Å². The van der Waals surface area contributed by atoms with Crippen LogP contribution in [0.25, 0.3) is 0 Å². The number of aliphatic imine (C=N–C) groups is 1. The van der Waals surface area contributed by atoms with E-state index in [1.807, 2.05) is 6.07 Å². The number of hydrogen-bond donors (Lipinski definition) is 2. The molecule has 25 heavy (non-hydrogen) atoms. The van der Waals surface area contributed by atoms with Gasteiger partial charge in [0.1, 0.15) is 0 Å². The number of ether oxygens (including phenoxy) is 2. The van der Waals surface area contributed by atoms with Gasteiger partial charge >= 0.3 is 0 Å². The summed E-state index contributed by atoms with van der Waals surface area (Å²) in [5.74, 6) is 2.05. The highest BCUT2D eigenvalue weighted by Gasteiger charge is 2.27. The van der Waals surface area contributed by atoms with Gasteiger partial charge in [0.25, 0.3) is 0 Å². The molecule has 0 aromatic heterocycles. The van der Waals surface area contributed by atoms with Gasteiger partial charge in [0.2, 0.25) is 10.0 Å². The Morgan fingerprint density at radius 3 is 2.56 bits per heavy atom. The third-order valence-corrected chi connectivity index (χ3v) is 5.68. The second-order valence-electron chi connectivity index (χ2n) is 5.26. The van der Waals surface area contributed by atoms with E-state index in [-0.39, 0.29) is 29.7 Å². The summed E-state index contributed by atoms with van der Waals surface area (Å²) in [6.45, 7) is 1.49. The average Bonchev–Trinajstić information content (AvgIpc) is 2.92. The Morgan fingerprint density at radius 2 is 2.00 bits per heavy atom. The molecule has 0 unspecified atom stereocenters. The summed E-state index contributed by atoms with van der Waals surface area (Å²) in [4.78, 5) is 4.14. The lowest BCUT2D eigenvalue weighted by Gasteiger charge is -2.17. The monoisotopic (exact) mass is 484 g/mol. The van der Waals surface area contributed by atoms with Crippen molar-refractivity contribution in [3.8, 4) is 11.5 Å². The van der Waals surface area contributed by atoms with Crippen LogP contribution in [-0.4, -0.2) is 65.3 Å². The van der Waals surface area contributed by atoms with Crippen molar-refractivity contribution in [2.75, 3.05) is 52.0 Å². The van der Waals surface area contributed by atoms with Gasteiger partial charge in [0, 0.05) is 38.4 Å². The fourth-order valence-electron chi connectivity index (χ4n) is 2.47. The predicted molar refractivity (Wildman–Crippen MR) is 110 cm³/mol. The van der Waals surface area contributed by atoms with Crippen molar-refractivity contribution in [3.63, 3.8) is 0 Å². The lowest BCUT2D eigenvalue weighted by atomic mass is 10.3. The van der Waals surface area contributed by atoms with Crippen molar-refractivity contribution in [3.05, 3.63) is 18.2 Å². The average molecular weight is 484 g/mol. The zero-order chi connectivity index (χ0) is 17.6. The number of anilines is 1. The van der Waals surface area contributed by atoms with Crippen LogP contribution in [0.2, 0.25) is 0 Å². The molecule has 8 nitrogen and oxygen atoms in total. The number of hydrogen-bond acceptors (Lipinski definition) is 5. The first-order valence-electron chi connectivity index (χ1n) is 7.67. The first-order valence-corrected chi connectivity index (χ1v) is 9.28. The molecule has 2 rings (SSSR count). The fourth-order valence-corrected chi connectivity index (χ4v) is 4.00. The summed E-state index contributed by atoms with van der Waals surface area (Å²) in [6.07, 6.45) is 0.695. The summed E-state index contributed by atoms with van der Waals surface area (Å²) in [5.41, 5.74) is 0.787. The Morgan fingerprint density at radius 1 is 1.28 bits per heavy atom. The molecule has 1 aliphatic rings. The zero-order valence-corrected chi connectivity index (χ0v) is 17.8. The van der Waals surface area contributed by atoms with Crippen LogP contribution in [0.15, 0.2) is 23.2 Å². The van der Waals surface area contributed by atoms with Crippen LogP contribution in [0, 0.1) is 0 Å². The molecule has 0 spiro atoms. The molecule has 10 heteroatoms. The maximum absolute atomic E-state index is 11.8. The summed E-state index contributed by atoms with van der Waals surface area (Å²) in [5, 5.41) is 6.25. The molecule has 1 aliphatic heterocycles. The SMILES string of the molecule is CN=C(NCCN1CCCS1(=O)=O)Nc1ccc(OC)c(OC)c1.I. The Bertz CT molecular complexity index is 697. The second kappa shape index (κ2) is 10.0. The number of sulfonamides is 1. The van der Waals surface area contributed by atoms with E-state index in [9.17, 15) is 8.42 Å². The lowest BCUT2D eigenvalue weighted by Crippen LogP contribution is -2.38. The standard InChI is InChI=1S/C15H24N4O4S.HI/c1-16-15(17-7-9-19-8-4-10-24(19,20)21)18-12-5-6-13(22-2)14(11-12)23-3;/h5-6,11H,4,7-10H2,1-3H3,(H2,16,17,18);1H. The molecule has 0 radical (unpaired) electrons. The molecular formula is C15H25IN4O4S. The number of rotatable bonds is 6. The smallest absolute Gasteiger partial charge is 0.214 e. The summed E-state index contributed by atoms with van der Waals surface area (Å²) >= 11 is 0. The van der Waals surface area contributed by atoms with Gasteiger partial charge in [0.05, 0.1) is 20.0 Å². The minimum Gasteiger partial charge on any atom is -0.493 e. The van der Waals surface area contributed by atoms with Crippen LogP contribution in [0.3, 0.4) is 0 Å². The number of benzene rings is 1. The normalized spacial score (nSPS) is 16.8. The Kier molecular flexibility index (Phi) is 8.73. The van der Waals surface area contributed by atoms with Crippen molar-refractivity contribution in [2.24, 2.45) is 4.99 Å². The molecule has 1 heterocycles. The van der Waals surface area contributed by atoms with Crippen molar-refractivity contribution in [1.82, 2.24) is 9.62 Å². The lowest BCUT2D eigenvalue weighted by molar-refractivity contribution is 0.355. The summed E-state index contributed by atoms with van der Waals surface area (Å²) in [7, 11) is 1.75. The van der Waals surface area contributed by atoms with Crippen molar-refractivity contribution in [1.29, 1.82) is 0 Å². The van der Waals surface area contributed by atoms with Gasteiger partial charge in [-0.05, 0) is 18.6 Å². The molecule has 0 saturated carbocycles. The van der Waals surface area contributed by atoms with E-state index in [0.29, 0.717) is 43.5 Å². The summed E-state index contributed by atoms with van der Waals surface area (Å²) in [6, 6.07) is 5.45. The minimum absolute atomic E-state index is 0. The predicted octanol–water partition coefficient (Wildman–Crippen LogP) is 1.34.